The van der Waals surface area contributed by atoms with E-state index in [1.54, 1.807) is 4.68 Å². The van der Waals surface area contributed by atoms with Crippen LogP contribution in [-0.4, -0.2) is 46.5 Å². The van der Waals surface area contributed by atoms with Crippen LogP contribution in [0, 0.1) is 13.8 Å². The average molecular weight is 283 g/mol. The fourth-order valence-electron chi connectivity index (χ4n) is 1.86. The molecule has 0 bridgehead atoms. The zero-order chi connectivity index (χ0) is 15.1. The van der Waals surface area contributed by atoms with E-state index in [2.05, 4.69) is 10.4 Å². The Morgan fingerprint density at radius 3 is 2.70 bits per heavy atom. The van der Waals surface area contributed by atoms with Crippen molar-refractivity contribution in [2.45, 2.75) is 39.3 Å². The summed E-state index contributed by atoms with van der Waals surface area (Å²) < 4.78 is 6.76. The number of hydrogen-bond acceptors (Lipinski definition) is 4. The van der Waals surface area contributed by atoms with Crippen LogP contribution in [0.2, 0.25) is 0 Å². The lowest BCUT2D eigenvalue weighted by atomic mass is 10.2. The molecule has 0 saturated carbocycles. The van der Waals surface area contributed by atoms with Crippen LogP contribution >= 0.6 is 0 Å². The van der Waals surface area contributed by atoms with Crippen LogP contribution in [0.1, 0.15) is 24.2 Å². The van der Waals surface area contributed by atoms with Gasteiger partial charge >= 0.3 is 5.97 Å². The second kappa shape index (κ2) is 7.64. The maximum Gasteiger partial charge on any atom is 0.306 e. The summed E-state index contributed by atoms with van der Waals surface area (Å²) >= 11 is 0. The molecule has 1 aromatic rings. The van der Waals surface area contributed by atoms with E-state index in [0.29, 0.717) is 13.0 Å². The summed E-state index contributed by atoms with van der Waals surface area (Å²) in [5.74, 6) is -1.10. The van der Waals surface area contributed by atoms with Crippen LogP contribution in [0.3, 0.4) is 0 Å². The third kappa shape index (κ3) is 5.40. The minimum absolute atomic E-state index is 0.131. The van der Waals surface area contributed by atoms with Crippen molar-refractivity contribution >= 4 is 11.9 Å². The van der Waals surface area contributed by atoms with E-state index in [-0.39, 0.29) is 18.9 Å². The number of nitrogens with one attached hydrogen (secondary N) is 1. The van der Waals surface area contributed by atoms with Gasteiger partial charge in [-0.25, -0.2) is 0 Å². The first kappa shape index (κ1) is 16.2. The molecule has 112 valence electrons. The largest absolute Gasteiger partial charge is 0.481 e. The highest BCUT2D eigenvalue weighted by atomic mass is 16.5. The van der Waals surface area contributed by atoms with Gasteiger partial charge in [-0.2, -0.15) is 5.10 Å². The molecule has 20 heavy (non-hydrogen) atoms. The Kier molecular flexibility index (Phi) is 6.17. The molecule has 1 unspecified atom stereocenters. The number of methoxy groups -OCH3 is 1. The number of ether oxygens (including phenoxy) is 1. The highest BCUT2D eigenvalue weighted by molar-refractivity contribution is 5.76. The fourth-order valence-corrected chi connectivity index (χ4v) is 1.86. The monoisotopic (exact) mass is 283 g/mol. The topological polar surface area (TPSA) is 93.5 Å². The second-order valence-corrected chi connectivity index (χ2v) is 4.66. The van der Waals surface area contributed by atoms with Crippen LogP contribution in [0.5, 0.6) is 0 Å². The standard InChI is InChI=1S/C13H21N3O4/c1-9-6-10(2)16(15-9)5-4-12(17)14-8-11(20-3)7-13(18)19/h6,11H,4-5,7-8H2,1-3H3,(H,14,17)(H,18,19). The number of hydrogen-bond donors (Lipinski definition) is 2. The quantitative estimate of drug-likeness (QED) is 0.724. The zero-order valence-electron chi connectivity index (χ0n) is 12.0. The van der Waals surface area contributed by atoms with E-state index in [1.165, 1.54) is 7.11 Å². The number of carbonyl (C=O) groups is 2. The van der Waals surface area contributed by atoms with Gasteiger partial charge in [-0.1, -0.05) is 0 Å². The van der Waals surface area contributed by atoms with Crippen LogP contribution in [0.25, 0.3) is 0 Å². The molecule has 0 radical (unpaired) electrons. The van der Waals surface area contributed by atoms with E-state index >= 15 is 0 Å². The number of carboxylic acid groups (broad SMARTS) is 1. The van der Waals surface area contributed by atoms with Crippen molar-refractivity contribution in [3.05, 3.63) is 17.5 Å². The van der Waals surface area contributed by atoms with Gasteiger partial charge < -0.3 is 15.2 Å². The van der Waals surface area contributed by atoms with E-state index < -0.39 is 12.1 Å². The molecule has 0 spiro atoms. The number of aromatic nitrogens is 2. The summed E-state index contributed by atoms with van der Waals surface area (Å²) in [6.07, 6.45) is -0.343. The lowest BCUT2D eigenvalue weighted by Gasteiger charge is -2.14. The molecule has 2 N–H and O–H groups in total. The maximum absolute atomic E-state index is 11.7. The zero-order valence-corrected chi connectivity index (χ0v) is 12.0. The van der Waals surface area contributed by atoms with Gasteiger partial charge in [-0.15, -0.1) is 0 Å². The van der Waals surface area contributed by atoms with Crippen LogP contribution in [-0.2, 0) is 20.9 Å². The molecule has 1 aromatic heterocycles. The Labute approximate surface area is 117 Å². The van der Waals surface area contributed by atoms with Crippen molar-refractivity contribution in [2.75, 3.05) is 13.7 Å². The molecule has 7 heteroatoms. The maximum atomic E-state index is 11.7. The molecular weight excluding hydrogens is 262 g/mol. The SMILES string of the molecule is COC(CNC(=O)CCn1nc(C)cc1C)CC(=O)O. The molecular formula is C13H21N3O4. The Balaban J connectivity index is 2.33. The Morgan fingerprint density at radius 2 is 2.20 bits per heavy atom. The van der Waals surface area contributed by atoms with Gasteiger partial charge in [0.1, 0.15) is 0 Å². The molecule has 1 rings (SSSR count). The fraction of sp³-hybridized carbons (Fsp3) is 0.615. The number of aliphatic carboxylic acids is 1. The van der Waals surface area contributed by atoms with Gasteiger partial charge in [-0.3, -0.25) is 14.3 Å². The molecule has 0 aliphatic rings. The number of rotatable bonds is 8. The van der Waals surface area contributed by atoms with Gasteiger partial charge in [0.15, 0.2) is 0 Å². The predicted molar refractivity (Wildman–Crippen MR) is 72.4 cm³/mol. The summed E-state index contributed by atoms with van der Waals surface area (Å²) in [4.78, 5) is 22.2. The second-order valence-electron chi connectivity index (χ2n) is 4.66. The van der Waals surface area contributed by atoms with E-state index in [9.17, 15) is 9.59 Å². The van der Waals surface area contributed by atoms with Crippen LogP contribution in [0.15, 0.2) is 6.07 Å². The van der Waals surface area contributed by atoms with Crippen LogP contribution < -0.4 is 5.32 Å². The van der Waals surface area contributed by atoms with Crippen molar-refractivity contribution in [1.29, 1.82) is 0 Å². The summed E-state index contributed by atoms with van der Waals surface area (Å²) in [7, 11) is 1.43. The first-order valence-electron chi connectivity index (χ1n) is 6.44. The molecule has 1 atom stereocenters. The first-order valence-corrected chi connectivity index (χ1v) is 6.44. The number of carboxylic acids is 1. The summed E-state index contributed by atoms with van der Waals surface area (Å²) in [6, 6.07) is 1.95. The third-order valence-electron chi connectivity index (χ3n) is 2.92. The van der Waals surface area contributed by atoms with Crippen molar-refractivity contribution in [1.82, 2.24) is 15.1 Å². The molecule has 0 saturated heterocycles. The van der Waals surface area contributed by atoms with Gasteiger partial charge in [0, 0.05) is 32.3 Å². The smallest absolute Gasteiger partial charge is 0.306 e. The van der Waals surface area contributed by atoms with Crippen LogP contribution in [0.4, 0.5) is 0 Å². The number of aryl methyl sites for hydroxylation is 3. The summed E-state index contributed by atoms with van der Waals surface area (Å²) in [6.45, 7) is 4.53. The third-order valence-corrected chi connectivity index (χ3v) is 2.92. The lowest BCUT2D eigenvalue weighted by molar-refractivity contribution is -0.140. The predicted octanol–water partition coefficient (Wildman–Crippen LogP) is 0.496. The van der Waals surface area contributed by atoms with Gasteiger partial charge in [0.05, 0.1) is 18.2 Å². The molecule has 0 aliphatic carbocycles. The van der Waals surface area contributed by atoms with Crippen molar-refractivity contribution in [2.24, 2.45) is 0 Å². The minimum atomic E-state index is -0.950. The highest BCUT2D eigenvalue weighted by Gasteiger charge is 2.13. The van der Waals surface area contributed by atoms with Crippen molar-refractivity contribution in [3.8, 4) is 0 Å². The average Bonchev–Trinajstić information content (AvgIpc) is 2.70. The molecule has 0 aromatic carbocycles. The van der Waals surface area contributed by atoms with Gasteiger partial charge in [0.2, 0.25) is 5.91 Å². The van der Waals surface area contributed by atoms with Gasteiger partial charge in [-0.05, 0) is 19.9 Å². The van der Waals surface area contributed by atoms with Crippen molar-refractivity contribution < 1.29 is 19.4 Å². The number of carbonyl (C=O) groups excluding carboxylic acids is 1. The lowest BCUT2D eigenvalue weighted by Crippen LogP contribution is -2.34. The minimum Gasteiger partial charge on any atom is -0.481 e. The molecule has 0 aliphatic heterocycles. The van der Waals surface area contributed by atoms with Crippen molar-refractivity contribution in [3.63, 3.8) is 0 Å². The Hall–Kier alpha value is -1.89. The van der Waals surface area contributed by atoms with E-state index in [4.69, 9.17) is 9.84 Å². The number of nitrogens with zero attached hydrogens (tertiary/aromatic N) is 2. The Morgan fingerprint density at radius 1 is 1.50 bits per heavy atom. The van der Waals surface area contributed by atoms with E-state index in [1.807, 2.05) is 19.9 Å². The summed E-state index contributed by atoms with van der Waals surface area (Å²) in [5, 5.41) is 15.6. The summed E-state index contributed by atoms with van der Waals surface area (Å²) in [5.41, 5.74) is 1.93. The molecule has 0 fully saturated rings. The highest BCUT2D eigenvalue weighted by Crippen LogP contribution is 2.02. The normalized spacial score (nSPS) is 12.2. The van der Waals surface area contributed by atoms with Gasteiger partial charge in [0.25, 0.3) is 0 Å². The van der Waals surface area contributed by atoms with E-state index in [0.717, 1.165) is 11.4 Å². The Bertz CT molecular complexity index is 470. The molecule has 1 amide bonds. The number of amides is 1. The molecule has 1 heterocycles. The molecule has 7 nitrogen and oxygen atoms in total. The first-order chi connectivity index (χ1) is 9.42.